The fraction of sp³-hybridized carbons (Fsp3) is 0.154. The second-order valence-corrected chi connectivity index (χ2v) is 7.95. The molecule has 3 aromatic rings. The van der Waals surface area contributed by atoms with Crippen LogP contribution in [0.15, 0.2) is 78.9 Å². The molecular formula is C26H21N3O4. The normalized spacial score (nSPS) is 16.1. The average molecular weight is 439 g/mol. The number of rotatable bonds is 5. The summed E-state index contributed by atoms with van der Waals surface area (Å²) in [5.74, 6) is -0.743. The van der Waals surface area contributed by atoms with E-state index in [0.29, 0.717) is 11.4 Å². The second kappa shape index (κ2) is 8.35. The third kappa shape index (κ3) is 3.78. The van der Waals surface area contributed by atoms with E-state index >= 15 is 0 Å². The van der Waals surface area contributed by atoms with E-state index in [1.54, 1.807) is 24.3 Å². The van der Waals surface area contributed by atoms with Crippen LogP contribution < -0.4 is 14.7 Å². The maximum Gasteiger partial charge on any atom is 0.234 e. The first-order chi connectivity index (χ1) is 16.0. The highest BCUT2D eigenvalue weighted by molar-refractivity contribution is 6.20. The van der Waals surface area contributed by atoms with Crippen molar-refractivity contribution in [2.24, 2.45) is 0 Å². The molecular weight excluding hydrogens is 418 g/mol. The summed E-state index contributed by atoms with van der Waals surface area (Å²) in [5, 5.41) is 0. The molecule has 0 bridgehead atoms. The second-order valence-electron chi connectivity index (χ2n) is 7.95. The van der Waals surface area contributed by atoms with Crippen LogP contribution in [0.3, 0.4) is 0 Å². The van der Waals surface area contributed by atoms with Gasteiger partial charge in [0.05, 0.1) is 11.4 Å². The first-order valence-corrected chi connectivity index (χ1v) is 10.8. The topological polar surface area (TPSA) is 78.0 Å². The number of carbonyl (C=O) groups is 4. The van der Waals surface area contributed by atoms with Crippen molar-refractivity contribution < 1.29 is 19.2 Å². The van der Waals surface area contributed by atoms with Gasteiger partial charge in [-0.3, -0.25) is 29.0 Å². The van der Waals surface area contributed by atoms with Crippen LogP contribution in [0, 0.1) is 0 Å². The number of para-hydroxylation sites is 1. The van der Waals surface area contributed by atoms with E-state index in [1.165, 1.54) is 9.80 Å². The van der Waals surface area contributed by atoms with Gasteiger partial charge in [0.1, 0.15) is 0 Å². The number of hydrogen-bond acceptors (Lipinski definition) is 5. The number of nitrogens with zero attached hydrogens (tertiary/aromatic N) is 3. The lowest BCUT2D eigenvalue weighted by Gasteiger charge is -2.26. The first-order valence-electron chi connectivity index (χ1n) is 10.8. The van der Waals surface area contributed by atoms with Gasteiger partial charge < -0.3 is 4.90 Å². The maximum absolute atomic E-state index is 12.1. The van der Waals surface area contributed by atoms with Crippen molar-refractivity contribution >= 4 is 52.1 Å². The van der Waals surface area contributed by atoms with Crippen molar-refractivity contribution in [3.8, 4) is 0 Å². The first kappa shape index (κ1) is 20.6. The Hall–Kier alpha value is -4.26. The van der Waals surface area contributed by atoms with Crippen molar-refractivity contribution in [3.63, 3.8) is 0 Å². The Morgan fingerprint density at radius 3 is 1.15 bits per heavy atom. The zero-order chi connectivity index (χ0) is 22.9. The summed E-state index contributed by atoms with van der Waals surface area (Å²) < 4.78 is 0. The van der Waals surface area contributed by atoms with Crippen LogP contribution in [0.5, 0.6) is 0 Å². The highest BCUT2D eigenvalue weighted by Gasteiger charge is 2.31. The van der Waals surface area contributed by atoms with Crippen LogP contribution in [-0.2, 0) is 19.2 Å². The van der Waals surface area contributed by atoms with E-state index < -0.39 is 0 Å². The Labute approximate surface area is 190 Å². The summed E-state index contributed by atoms with van der Waals surface area (Å²) in [4.78, 5) is 52.8. The van der Waals surface area contributed by atoms with E-state index in [1.807, 2.05) is 59.5 Å². The Kier molecular flexibility index (Phi) is 5.22. The largest absolute Gasteiger partial charge is 0.311 e. The molecule has 3 aromatic carbocycles. The zero-order valence-electron chi connectivity index (χ0n) is 17.8. The Bertz CT molecular complexity index is 1130. The molecule has 7 heteroatoms. The molecule has 5 rings (SSSR count). The lowest BCUT2D eigenvalue weighted by atomic mass is 10.1. The molecule has 33 heavy (non-hydrogen) atoms. The lowest BCUT2D eigenvalue weighted by molar-refractivity contribution is -0.122. The van der Waals surface area contributed by atoms with Crippen molar-refractivity contribution in [2.75, 3.05) is 14.7 Å². The zero-order valence-corrected chi connectivity index (χ0v) is 17.8. The van der Waals surface area contributed by atoms with E-state index in [0.717, 1.165) is 17.1 Å². The van der Waals surface area contributed by atoms with Gasteiger partial charge in [-0.25, -0.2) is 0 Å². The average Bonchev–Trinajstić information content (AvgIpc) is 3.35. The monoisotopic (exact) mass is 439 g/mol. The number of anilines is 5. The molecule has 4 amide bonds. The summed E-state index contributed by atoms with van der Waals surface area (Å²) in [6.45, 7) is 0. The van der Waals surface area contributed by atoms with Crippen LogP contribution in [0.4, 0.5) is 28.4 Å². The van der Waals surface area contributed by atoms with Crippen molar-refractivity contribution in [3.05, 3.63) is 78.9 Å². The molecule has 0 spiro atoms. The molecule has 2 aliphatic rings. The van der Waals surface area contributed by atoms with Crippen LogP contribution in [-0.4, -0.2) is 23.6 Å². The van der Waals surface area contributed by atoms with Gasteiger partial charge in [0.2, 0.25) is 23.6 Å². The summed E-state index contributed by atoms with van der Waals surface area (Å²) in [6, 6.07) is 24.3. The van der Waals surface area contributed by atoms with Gasteiger partial charge in [-0.1, -0.05) is 18.2 Å². The van der Waals surface area contributed by atoms with Crippen LogP contribution in [0.25, 0.3) is 0 Å². The lowest BCUT2D eigenvalue weighted by Crippen LogP contribution is -2.28. The number of benzene rings is 3. The maximum atomic E-state index is 12.1. The predicted octanol–water partition coefficient (Wildman–Crippen LogP) is 4.46. The highest BCUT2D eigenvalue weighted by atomic mass is 16.2. The molecule has 0 radical (unpaired) electrons. The van der Waals surface area contributed by atoms with Gasteiger partial charge in [-0.05, 0) is 60.7 Å². The molecule has 0 atom stereocenters. The number of hydrogen-bond donors (Lipinski definition) is 0. The SMILES string of the molecule is O=C1CCC(=O)N1c1ccc(N(c2ccccc2)c2ccc(N3C(=O)CCC3=O)cc2)cc1. The van der Waals surface area contributed by atoms with Crippen LogP contribution >= 0.6 is 0 Å². The smallest absolute Gasteiger partial charge is 0.234 e. The molecule has 0 aromatic heterocycles. The Balaban J connectivity index is 1.50. The fourth-order valence-corrected chi connectivity index (χ4v) is 4.25. The molecule has 0 unspecified atom stereocenters. The minimum atomic E-state index is -0.186. The minimum Gasteiger partial charge on any atom is -0.311 e. The molecule has 0 saturated carbocycles. The molecule has 7 nitrogen and oxygen atoms in total. The fourth-order valence-electron chi connectivity index (χ4n) is 4.25. The Morgan fingerprint density at radius 1 is 0.455 bits per heavy atom. The van der Waals surface area contributed by atoms with Crippen LogP contribution in [0.1, 0.15) is 25.7 Å². The molecule has 2 aliphatic heterocycles. The van der Waals surface area contributed by atoms with Gasteiger partial charge in [0.15, 0.2) is 0 Å². The number of amides is 4. The summed E-state index contributed by atoms with van der Waals surface area (Å²) in [6.07, 6.45) is 0.965. The molecule has 2 saturated heterocycles. The molecule has 0 aliphatic carbocycles. The molecule has 164 valence electrons. The molecule has 0 N–H and O–H groups in total. The van der Waals surface area contributed by atoms with Crippen molar-refractivity contribution in [1.29, 1.82) is 0 Å². The van der Waals surface area contributed by atoms with Crippen molar-refractivity contribution in [1.82, 2.24) is 0 Å². The summed E-state index contributed by atoms with van der Waals surface area (Å²) in [7, 11) is 0. The molecule has 2 fully saturated rings. The van der Waals surface area contributed by atoms with Gasteiger partial charge in [0, 0.05) is 42.7 Å². The van der Waals surface area contributed by atoms with Crippen LogP contribution in [0.2, 0.25) is 0 Å². The van der Waals surface area contributed by atoms with E-state index in [-0.39, 0.29) is 49.3 Å². The van der Waals surface area contributed by atoms with Gasteiger partial charge in [0.25, 0.3) is 0 Å². The van der Waals surface area contributed by atoms with Crippen molar-refractivity contribution in [2.45, 2.75) is 25.7 Å². The highest BCUT2D eigenvalue weighted by Crippen LogP contribution is 2.37. The van der Waals surface area contributed by atoms with E-state index in [2.05, 4.69) is 0 Å². The summed E-state index contributed by atoms with van der Waals surface area (Å²) >= 11 is 0. The van der Waals surface area contributed by atoms with Gasteiger partial charge in [-0.15, -0.1) is 0 Å². The predicted molar refractivity (Wildman–Crippen MR) is 125 cm³/mol. The third-order valence-corrected chi connectivity index (χ3v) is 5.85. The molecule has 2 heterocycles. The van der Waals surface area contributed by atoms with E-state index in [9.17, 15) is 19.2 Å². The Morgan fingerprint density at radius 2 is 0.788 bits per heavy atom. The third-order valence-electron chi connectivity index (χ3n) is 5.85. The number of imide groups is 2. The van der Waals surface area contributed by atoms with E-state index in [4.69, 9.17) is 0 Å². The quantitative estimate of drug-likeness (QED) is 0.549. The number of carbonyl (C=O) groups excluding carboxylic acids is 4. The van der Waals surface area contributed by atoms with Gasteiger partial charge >= 0.3 is 0 Å². The van der Waals surface area contributed by atoms with Gasteiger partial charge in [-0.2, -0.15) is 0 Å². The minimum absolute atomic E-state index is 0.186. The standard InChI is InChI=1S/C26H21N3O4/c30-23-14-15-24(31)28(23)21-10-6-19(7-11-21)27(18-4-2-1-3-5-18)20-8-12-22(13-9-20)29-25(32)16-17-26(29)33/h1-13H,14-17H2. The summed E-state index contributed by atoms with van der Waals surface area (Å²) in [5.41, 5.74) is 3.70.